The molecule has 0 radical (unpaired) electrons. The zero-order valence-corrected chi connectivity index (χ0v) is 17.6. The first-order valence-corrected chi connectivity index (χ1v) is 10.4. The van der Waals surface area contributed by atoms with Crippen LogP contribution in [0.5, 0.6) is 11.5 Å². The molecule has 2 N–H and O–H groups in total. The van der Waals surface area contributed by atoms with E-state index in [-0.39, 0.29) is 0 Å². The topological polar surface area (TPSA) is 74.4 Å². The van der Waals surface area contributed by atoms with Gasteiger partial charge in [0.2, 0.25) is 0 Å². The Bertz CT molecular complexity index is 1300. The first-order chi connectivity index (χ1) is 15.7. The van der Waals surface area contributed by atoms with Gasteiger partial charge in [-0.1, -0.05) is 24.3 Å². The van der Waals surface area contributed by atoms with E-state index in [2.05, 4.69) is 10.2 Å². The Balaban J connectivity index is 1.51. The largest absolute Gasteiger partial charge is 0.457 e. The lowest BCUT2D eigenvalue weighted by Crippen LogP contribution is -2.41. The van der Waals surface area contributed by atoms with Crippen molar-refractivity contribution in [1.29, 1.82) is 0 Å². The number of hydrogen-bond donors (Lipinski definition) is 2. The van der Waals surface area contributed by atoms with Crippen LogP contribution in [0.4, 0.5) is 13.2 Å². The number of para-hydroxylation sites is 1. The van der Waals surface area contributed by atoms with Crippen LogP contribution < -0.4 is 15.6 Å². The molecule has 1 aromatic heterocycles. The third kappa shape index (κ3) is 3.89. The van der Waals surface area contributed by atoms with Crippen molar-refractivity contribution < 1.29 is 22.7 Å². The molecule has 1 atom stereocenters. The van der Waals surface area contributed by atoms with E-state index in [4.69, 9.17) is 4.74 Å². The molecule has 3 aromatic rings. The molecule has 170 valence electrons. The number of fused-ring (bicyclic) bond motifs is 2. The summed E-state index contributed by atoms with van der Waals surface area (Å²) in [4.78, 5) is 29.2. The SMILES string of the molecule is CN1CC(c2ccc3c(c2)C(NC(=O)c2ccc(C(F)(F)F)[nH]c2=O)c2ccccc2O3)C1. The number of alkyl halides is 3. The van der Waals surface area contributed by atoms with Crippen molar-refractivity contribution in [3.63, 3.8) is 0 Å². The quantitative estimate of drug-likeness (QED) is 0.625. The maximum absolute atomic E-state index is 13.0. The van der Waals surface area contributed by atoms with Gasteiger partial charge in [0.25, 0.3) is 11.5 Å². The third-order valence-electron chi connectivity index (χ3n) is 6.07. The lowest BCUT2D eigenvalue weighted by molar-refractivity contribution is -0.141. The fourth-order valence-electron chi connectivity index (χ4n) is 4.33. The molecule has 1 unspecified atom stereocenters. The van der Waals surface area contributed by atoms with Crippen molar-refractivity contribution in [2.45, 2.75) is 18.1 Å². The van der Waals surface area contributed by atoms with Gasteiger partial charge in [-0.15, -0.1) is 0 Å². The Morgan fingerprint density at radius 2 is 1.79 bits per heavy atom. The molecule has 6 nitrogen and oxygen atoms in total. The summed E-state index contributed by atoms with van der Waals surface area (Å²) in [5.74, 6) is 0.738. The number of rotatable bonds is 3. The van der Waals surface area contributed by atoms with Gasteiger partial charge >= 0.3 is 6.18 Å². The van der Waals surface area contributed by atoms with Crippen molar-refractivity contribution in [1.82, 2.24) is 15.2 Å². The second kappa shape index (κ2) is 7.77. The Labute approximate surface area is 187 Å². The van der Waals surface area contributed by atoms with E-state index in [1.165, 1.54) is 0 Å². The summed E-state index contributed by atoms with van der Waals surface area (Å²) in [5.41, 5.74) is -0.163. The number of pyridine rings is 1. The summed E-state index contributed by atoms with van der Waals surface area (Å²) in [6, 6.07) is 14.0. The van der Waals surface area contributed by atoms with Crippen LogP contribution in [0.3, 0.4) is 0 Å². The lowest BCUT2D eigenvalue weighted by atomic mass is 9.87. The highest BCUT2D eigenvalue weighted by Crippen LogP contribution is 2.44. The van der Waals surface area contributed by atoms with Crippen LogP contribution in [-0.4, -0.2) is 35.9 Å². The fourth-order valence-corrected chi connectivity index (χ4v) is 4.33. The summed E-state index contributed by atoms with van der Waals surface area (Å²) < 4.78 is 44.7. The molecule has 0 bridgehead atoms. The third-order valence-corrected chi connectivity index (χ3v) is 6.07. The number of carbonyl (C=O) groups is 1. The predicted molar refractivity (Wildman–Crippen MR) is 115 cm³/mol. The van der Waals surface area contributed by atoms with Crippen LogP contribution in [0, 0.1) is 0 Å². The average molecular weight is 455 g/mol. The lowest BCUT2D eigenvalue weighted by Gasteiger charge is -2.37. The minimum atomic E-state index is -4.71. The molecule has 2 aliphatic heterocycles. The highest BCUT2D eigenvalue weighted by Gasteiger charge is 2.34. The number of benzene rings is 2. The second-order valence-electron chi connectivity index (χ2n) is 8.37. The molecule has 1 fully saturated rings. The van der Waals surface area contributed by atoms with Crippen LogP contribution in [0.25, 0.3) is 0 Å². The number of ether oxygens (including phenoxy) is 1. The van der Waals surface area contributed by atoms with E-state index in [1.807, 2.05) is 43.4 Å². The number of likely N-dealkylation sites (N-methyl/N-ethyl adjacent to an activating group) is 1. The Hall–Kier alpha value is -3.59. The summed E-state index contributed by atoms with van der Waals surface area (Å²) in [6.07, 6.45) is -4.71. The molecule has 9 heteroatoms. The normalized spacial score (nSPS) is 18.0. The van der Waals surface area contributed by atoms with E-state index in [0.717, 1.165) is 30.3 Å². The number of nitrogens with one attached hydrogen (secondary N) is 2. The molecule has 5 rings (SSSR count). The van der Waals surface area contributed by atoms with E-state index in [1.54, 1.807) is 11.1 Å². The average Bonchev–Trinajstić information content (AvgIpc) is 2.75. The molecule has 33 heavy (non-hydrogen) atoms. The second-order valence-corrected chi connectivity index (χ2v) is 8.37. The van der Waals surface area contributed by atoms with Crippen molar-refractivity contribution in [3.8, 4) is 11.5 Å². The number of amides is 1. The molecule has 2 aromatic carbocycles. The van der Waals surface area contributed by atoms with Crippen LogP contribution in [-0.2, 0) is 6.18 Å². The maximum Gasteiger partial charge on any atom is 0.431 e. The van der Waals surface area contributed by atoms with Gasteiger partial charge < -0.3 is 19.9 Å². The van der Waals surface area contributed by atoms with Crippen LogP contribution in [0.15, 0.2) is 59.4 Å². The fraction of sp³-hybridized carbons (Fsp3) is 0.250. The monoisotopic (exact) mass is 455 g/mol. The highest BCUT2D eigenvalue weighted by molar-refractivity contribution is 5.94. The molecule has 1 amide bonds. The Kier molecular flexibility index (Phi) is 5.01. The van der Waals surface area contributed by atoms with Crippen molar-refractivity contribution in [2.24, 2.45) is 0 Å². The first kappa shape index (κ1) is 21.3. The first-order valence-electron chi connectivity index (χ1n) is 10.4. The van der Waals surface area contributed by atoms with Crippen molar-refractivity contribution in [2.75, 3.05) is 20.1 Å². The maximum atomic E-state index is 13.0. The summed E-state index contributed by atoms with van der Waals surface area (Å²) in [7, 11) is 2.04. The molecular formula is C24H20F3N3O3. The van der Waals surface area contributed by atoms with Gasteiger partial charge in [0.15, 0.2) is 0 Å². The van der Waals surface area contributed by atoms with Crippen molar-refractivity contribution in [3.05, 3.63) is 92.9 Å². The van der Waals surface area contributed by atoms with Crippen molar-refractivity contribution >= 4 is 5.91 Å². The number of likely N-dealkylation sites (tertiary alicyclic amines) is 1. The highest BCUT2D eigenvalue weighted by atomic mass is 19.4. The van der Waals surface area contributed by atoms with Gasteiger partial charge in [-0.2, -0.15) is 13.2 Å². The van der Waals surface area contributed by atoms with Gasteiger partial charge in [0.1, 0.15) is 22.8 Å². The molecule has 0 spiro atoms. The summed E-state index contributed by atoms with van der Waals surface area (Å²) >= 11 is 0. The van der Waals surface area contributed by atoms with E-state index in [0.29, 0.717) is 29.0 Å². The smallest absolute Gasteiger partial charge is 0.431 e. The Morgan fingerprint density at radius 3 is 2.48 bits per heavy atom. The predicted octanol–water partition coefficient (Wildman–Crippen LogP) is 4.05. The standard InChI is InChI=1S/C24H20F3N3O3/c1-30-11-14(12-30)13-6-8-19-17(10-13)21(15-4-2-3-5-18(15)33-19)29-23(32)16-7-9-20(24(25,26)27)28-22(16)31/h2-10,14,21H,11-12H2,1H3,(H,28,31)(H,29,32). The number of H-pyrrole nitrogens is 1. The molecule has 0 saturated carbocycles. The van der Waals surface area contributed by atoms with Crippen LogP contribution in [0.2, 0.25) is 0 Å². The molecule has 3 heterocycles. The zero-order chi connectivity index (χ0) is 23.3. The number of aromatic nitrogens is 1. The number of hydrogen-bond acceptors (Lipinski definition) is 4. The van der Waals surface area contributed by atoms with Gasteiger partial charge in [0, 0.05) is 30.1 Å². The van der Waals surface area contributed by atoms with Crippen LogP contribution >= 0.6 is 0 Å². The molecular weight excluding hydrogens is 435 g/mol. The summed E-state index contributed by atoms with van der Waals surface area (Å²) in [6.45, 7) is 1.85. The van der Waals surface area contributed by atoms with Gasteiger partial charge in [0.05, 0.1) is 6.04 Å². The zero-order valence-electron chi connectivity index (χ0n) is 17.6. The van der Waals surface area contributed by atoms with Crippen LogP contribution in [0.1, 0.15) is 44.7 Å². The molecule has 0 aliphatic carbocycles. The minimum Gasteiger partial charge on any atom is -0.457 e. The molecule has 1 saturated heterocycles. The van der Waals surface area contributed by atoms with E-state index < -0.39 is 34.9 Å². The number of aromatic amines is 1. The van der Waals surface area contributed by atoms with Gasteiger partial charge in [-0.05, 0) is 42.9 Å². The molecule has 2 aliphatic rings. The number of nitrogens with zero attached hydrogens (tertiary/aromatic N) is 1. The van der Waals surface area contributed by atoms with Gasteiger partial charge in [-0.25, -0.2) is 0 Å². The number of carbonyl (C=O) groups excluding carboxylic acids is 1. The Morgan fingerprint density at radius 1 is 1.06 bits per heavy atom. The summed E-state index contributed by atoms with van der Waals surface area (Å²) in [5, 5.41) is 2.83. The minimum absolute atomic E-state index is 0.367. The van der Waals surface area contributed by atoms with E-state index in [9.17, 15) is 22.8 Å². The number of halogens is 3. The van der Waals surface area contributed by atoms with Gasteiger partial charge in [-0.3, -0.25) is 9.59 Å². The van der Waals surface area contributed by atoms with E-state index >= 15 is 0 Å².